The van der Waals surface area contributed by atoms with Gasteiger partial charge in [0, 0.05) is 30.9 Å². The number of piperidine rings is 1. The van der Waals surface area contributed by atoms with Gasteiger partial charge in [0.2, 0.25) is 10.0 Å². The first-order valence-electron chi connectivity index (χ1n) is 9.29. The number of nitrogens with zero attached hydrogens (tertiary/aromatic N) is 2. The Labute approximate surface area is 163 Å². The summed E-state index contributed by atoms with van der Waals surface area (Å²) >= 11 is 0. The van der Waals surface area contributed by atoms with Crippen molar-refractivity contribution in [2.75, 3.05) is 13.1 Å². The number of hydrogen-bond donors (Lipinski definition) is 1. The van der Waals surface area contributed by atoms with Crippen LogP contribution >= 0.6 is 0 Å². The summed E-state index contributed by atoms with van der Waals surface area (Å²) in [6.07, 6.45) is 1.48. The predicted molar refractivity (Wildman–Crippen MR) is 103 cm³/mol. The molecule has 1 saturated heterocycles. The van der Waals surface area contributed by atoms with Gasteiger partial charge in [-0.2, -0.15) is 0 Å². The minimum Gasteiger partial charge on any atom is -0.349 e. The van der Waals surface area contributed by atoms with Gasteiger partial charge < -0.3 is 5.32 Å². The Balaban J connectivity index is 1.36. The maximum absolute atomic E-state index is 13.3. The largest absolute Gasteiger partial charge is 0.349 e. The number of halogens is 1. The molecule has 1 aliphatic carbocycles. The highest BCUT2D eigenvalue weighted by Crippen LogP contribution is 2.46. The summed E-state index contributed by atoms with van der Waals surface area (Å²) in [4.78, 5) is 16.7. The van der Waals surface area contributed by atoms with E-state index >= 15 is 0 Å². The third kappa shape index (κ3) is 3.42. The number of pyridine rings is 1. The van der Waals surface area contributed by atoms with Gasteiger partial charge in [-0.3, -0.25) is 9.78 Å². The first-order chi connectivity index (χ1) is 13.3. The number of benzene rings is 1. The molecule has 1 aliphatic heterocycles. The number of carbonyl (C=O) groups excluding carboxylic acids is 1. The van der Waals surface area contributed by atoms with Crippen LogP contribution in [0.5, 0.6) is 0 Å². The summed E-state index contributed by atoms with van der Waals surface area (Å²) in [5.74, 6) is -0.208. The summed E-state index contributed by atoms with van der Waals surface area (Å²) in [5.41, 5.74) is 1.67. The van der Waals surface area contributed by atoms with Gasteiger partial charge in [0.15, 0.2) is 0 Å². The number of sulfonamides is 1. The minimum atomic E-state index is -3.23. The molecule has 8 heteroatoms. The Bertz CT molecular complexity index is 996. The van der Waals surface area contributed by atoms with Gasteiger partial charge in [-0.25, -0.2) is 17.1 Å². The van der Waals surface area contributed by atoms with Crippen molar-refractivity contribution in [2.45, 2.75) is 25.1 Å². The highest BCUT2D eigenvalue weighted by Gasteiger charge is 2.58. The van der Waals surface area contributed by atoms with Gasteiger partial charge >= 0.3 is 0 Å². The summed E-state index contributed by atoms with van der Waals surface area (Å²) in [7, 11) is -3.23. The topological polar surface area (TPSA) is 79.4 Å². The van der Waals surface area contributed by atoms with Gasteiger partial charge in [-0.05, 0) is 49.9 Å². The Morgan fingerprint density at radius 1 is 1.21 bits per heavy atom. The Kier molecular flexibility index (Phi) is 4.71. The van der Waals surface area contributed by atoms with Crippen LogP contribution in [0.2, 0.25) is 0 Å². The van der Waals surface area contributed by atoms with E-state index in [1.807, 2.05) is 0 Å². The van der Waals surface area contributed by atoms with E-state index in [0.717, 1.165) is 0 Å². The van der Waals surface area contributed by atoms with E-state index in [1.165, 1.54) is 22.6 Å². The summed E-state index contributed by atoms with van der Waals surface area (Å²) in [6.45, 7) is 4.29. The van der Waals surface area contributed by atoms with Crippen LogP contribution in [0.4, 0.5) is 4.39 Å². The molecule has 4 rings (SSSR count). The van der Waals surface area contributed by atoms with Crippen LogP contribution in [-0.2, 0) is 10.0 Å². The van der Waals surface area contributed by atoms with Gasteiger partial charge in [-0.15, -0.1) is 0 Å². The van der Waals surface area contributed by atoms with Crippen LogP contribution < -0.4 is 5.32 Å². The number of hydrogen-bond acceptors (Lipinski definition) is 4. The normalized spacial score (nSPS) is 24.2. The number of rotatable bonds is 5. The molecule has 28 heavy (non-hydrogen) atoms. The monoisotopic (exact) mass is 403 g/mol. The van der Waals surface area contributed by atoms with E-state index in [1.54, 1.807) is 38.1 Å². The van der Waals surface area contributed by atoms with Gasteiger partial charge in [0.1, 0.15) is 5.82 Å². The lowest BCUT2D eigenvalue weighted by Gasteiger charge is -2.22. The van der Waals surface area contributed by atoms with Crippen molar-refractivity contribution < 1.29 is 17.6 Å². The molecule has 1 saturated carbocycles. The summed E-state index contributed by atoms with van der Waals surface area (Å²) in [5, 5.41) is 2.55. The fourth-order valence-electron chi connectivity index (χ4n) is 3.79. The molecule has 148 valence electrons. The lowest BCUT2D eigenvalue weighted by atomic mass is 10.1. The van der Waals surface area contributed by atoms with Crippen molar-refractivity contribution in [3.8, 4) is 11.3 Å². The number of nitrogens with one attached hydrogen (secondary N) is 1. The molecule has 0 spiro atoms. The van der Waals surface area contributed by atoms with Crippen LogP contribution in [0.3, 0.4) is 0 Å². The standard InChI is InChI=1S/C20H22FN3O3S/c1-12(2)28(26,27)24-10-16-17(11-24)19(16)23-20(25)14-6-7-18(22-9-14)13-4-3-5-15(21)8-13/h3-9,12,16-17,19H,10-11H2,1-2H3,(H,23,25)/t16-,17+,19?. The molecule has 3 atom stereocenters. The second-order valence-electron chi connectivity index (χ2n) is 7.68. The zero-order valence-corrected chi connectivity index (χ0v) is 16.5. The maximum Gasteiger partial charge on any atom is 0.253 e. The summed E-state index contributed by atoms with van der Waals surface area (Å²) in [6, 6.07) is 9.49. The third-order valence-corrected chi connectivity index (χ3v) is 7.77. The summed E-state index contributed by atoms with van der Waals surface area (Å²) < 4.78 is 39.3. The number of fused-ring (bicyclic) bond motifs is 1. The fourth-order valence-corrected chi connectivity index (χ4v) is 5.15. The molecular weight excluding hydrogens is 381 g/mol. The van der Waals surface area contributed by atoms with Crippen LogP contribution in [0.15, 0.2) is 42.6 Å². The van der Waals surface area contributed by atoms with Crippen molar-refractivity contribution in [3.05, 3.63) is 54.0 Å². The van der Waals surface area contributed by atoms with Crippen LogP contribution in [0.1, 0.15) is 24.2 Å². The molecule has 1 amide bonds. The molecule has 1 aromatic carbocycles. The van der Waals surface area contributed by atoms with Crippen LogP contribution in [0.25, 0.3) is 11.3 Å². The molecule has 2 aliphatic rings. The zero-order chi connectivity index (χ0) is 20.1. The third-order valence-electron chi connectivity index (χ3n) is 5.56. The number of carbonyl (C=O) groups is 1. The van der Waals surface area contributed by atoms with E-state index < -0.39 is 15.3 Å². The molecule has 1 unspecified atom stereocenters. The van der Waals surface area contributed by atoms with E-state index in [-0.39, 0.29) is 29.6 Å². The maximum atomic E-state index is 13.3. The molecule has 1 N–H and O–H groups in total. The Morgan fingerprint density at radius 2 is 1.93 bits per heavy atom. The van der Waals surface area contributed by atoms with Crippen LogP contribution in [0, 0.1) is 17.7 Å². The molecule has 2 heterocycles. The zero-order valence-electron chi connectivity index (χ0n) is 15.7. The second-order valence-corrected chi connectivity index (χ2v) is 10.2. The van der Waals surface area contributed by atoms with E-state index in [0.29, 0.717) is 29.9 Å². The number of aromatic nitrogens is 1. The first kappa shape index (κ1) is 19.0. The van der Waals surface area contributed by atoms with E-state index in [9.17, 15) is 17.6 Å². The van der Waals surface area contributed by atoms with Crippen LogP contribution in [-0.4, -0.2) is 48.0 Å². The molecule has 1 aromatic heterocycles. The fraction of sp³-hybridized carbons (Fsp3) is 0.400. The van der Waals surface area contributed by atoms with E-state index in [4.69, 9.17) is 0 Å². The van der Waals surface area contributed by atoms with Crippen molar-refractivity contribution in [2.24, 2.45) is 11.8 Å². The van der Waals surface area contributed by atoms with E-state index in [2.05, 4.69) is 10.3 Å². The lowest BCUT2D eigenvalue weighted by Crippen LogP contribution is -2.40. The van der Waals surface area contributed by atoms with Crippen molar-refractivity contribution in [3.63, 3.8) is 0 Å². The second kappa shape index (κ2) is 6.93. The average molecular weight is 403 g/mol. The molecule has 0 radical (unpaired) electrons. The minimum absolute atomic E-state index is 0.00834. The molecule has 0 bridgehead atoms. The Hall–Kier alpha value is -2.32. The highest BCUT2D eigenvalue weighted by molar-refractivity contribution is 7.89. The van der Waals surface area contributed by atoms with Crippen molar-refractivity contribution in [1.29, 1.82) is 0 Å². The molecular formula is C20H22FN3O3S. The molecule has 6 nitrogen and oxygen atoms in total. The first-order valence-corrected chi connectivity index (χ1v) is 10.8. The molecule has 2 fully saturated rings. The highest BCUT2D eigenvalue weighted by atomic mass is 32.2. The van der Waals surface area contributed by atoms with Gasteiger partial charge in [-0.1, -0.05) is 12.1 Å². The lowest BCUT2D eigenvalue weighted by molar-refractivity contribution is 0.0945. The van der Waals surface area contributed by atoms with Gasteiger partial charge in [0.05, 0.1) is 16.5 Å². The smallest absolute Gasteiger partial charge is 0.253 e. The SMILES string of the molecule is CC(C)S(=O)(=O)N1C[C@@H]2C(NC(=O)c3ccc(-c4cccc(F)c4)nc3)[C@@H]2C1. The van der Waals surface area contributed by atoms with Crippen molar-refractivity contribution >= 4 is 15.9 Å². The molecule has 2 aromatic rings. The predicted octanol–water partition coefficient (Wildman–Crippen LogP) is 2.29. The average Bonchev–Trinajstić information content (AvgIpc) is 3.10. The number of amides is 1. The van der Waals surface area contributed by atoms with Gasteiger partial charge in [0.25, 0.3) is 5.91 Å². The Morgan fingerprint density at radius 3 is 2.50 bits per heavy atom. The van der Waals surface area contributed by atoms with Crippen molar-refractivity contribution in [1.82, 2.24) is 14.6 Å². The quantitative estimate of drug-likeness (QED) is 0.831.